The lowest BCUT2D eigenvalue weighted by Crippen LogP contribution is -2.31. The summed E-state index contributed by atoms with van der Waals surface area (Å²) in [5, 5.41) is 7.70. The molecule has 158 valence electrons. The van der Waals surface area contributed by atoms with Crippen molar-refractivity contribution in [1.82, 2.24) is 19.7 Å². The van der Waals surface area contributed by atoms with Crippen molar-refractivity contribution in [3.05, 3.63) is 60.1 Å². The van der Waals surface area contributed by atoms with Gasteiger partial charge >= 0.3 is 0 Å². The summed E-state index contributed by atoms with van der Waals surface area (Å²) in [7, 11) is 2.13. The third-order valence-electron chi connectivity index (χ3n) is 5.71. The summed E-state index contributed by atoms with van der Waals surface area (Å²) in [5.41, 5.74) is 8.62. The van der Waals surface area contributed by atoms with E-state index in [0.717, 1.165) is 49.2 Å². The Hall–Kier alpha value is -3.00. The lowest BCUT2D eigenvalue weighted by Gasteiger charge is -2.28. The van der Waals surface area contributed by atoms with Crippen LogP contribution in [-0.4, -0.2) is 39.8 Å². The van der Waals surface area contributed by atoms with Crippen LogP contribution in [-0.2, 0) is 0 Å². The van der Waals surface area contributed by atoms with E-state index in [0.29, 0.717) is 17.5 Å². The number of benzene rings is 1. The summed E-state index contributed by atoms with van der Waals surface area (Å²) >= 11 is 0. The van der Waals surface area contributed by atoms with Crippen LogP contribution < -0.4 is 11.1 Å². The Morgan fingerprint density at radius 3 is 2.67 bits per heavy atom. The number of nitrogens with two attached hydrogens (primary N) is 1. The van der Waals surface area contributed by atoms with Gasteiger partial charge in [-0.3, -0.25) is 4.68 Å². The fourth-order valence-electron chi connectivity index (χ4n) is 3.85. The number of halogens is 2. The van der Waals surface area contributed by atoms with Crippen LogP contribution >= 0.6 is 0 Å². The number of nitrogens with one attached hydrogen (secondary N) is 1. The molecule has 1 aliphatic heterocycles. The molecule has 0 bridgehead atoms. The summed E-state index contributed by atoms with van der Waals surface area (Å²) in [6, 6.07) is 5.19. The maximum Gasteiger partial charge on any atom is 0.146 e. The zero-order valence-electron chi connectivity index (χ0n) is 17.1. The molecule has 1 unspecified atom stereocenters. The molecule has 4 rings (SSSR count). The van der Waals surface area contributed by atoms with Gasteiger partial charge in [0.25, 0.3) is 0 Å². The van der Waals surface area contributed by atoms with Crippen LogP contribution in [0.5, 0.6) is 0 Å². The standard InChI is InChI=1S/C22H26F2N6/c1-14(19-10-17(23)3-4-20(19)24)28-21-9-15(11-26-22(21)25)16-12-27-30(13-16)18-5-7-29(2)8-6-18/h3-4,9-14,18,28H,5-8H2,1-2H3,(H2,25,26). The average molecular weight is 412 g/mol. The highest BCUT2D eigenvalue weighted by Crippen LogP contribution is 2.30. The van der Waals surface area contributed by atoms with Crippen LogP contribution in [0, 0.1) is 11.6 Å². The van der Waals surface area contributed by atoms with Crippen molar-refractivity contribution in [1.29, 1.82) is 0 Å². The van der Waals surface area contributed by atoms with Gasteiger partial charge in [0, 0.05) is 29.1 Å². The van der Waals surface area contributed by atoms with Crippen LogP contribution in [0.15, 0.2) is 42.9 Å². The molecule has 1 saturated heterocycles. The van der Waals surface area contributed by atoms with Gasteiger partial charge in [0.1, 0.15) is 17.5 Å². The molecule has 0 radical (unpaired) electrons. The fraction of sp³-hybridized carbons (Fsp3) is 0.364. The van der Waals surface area contributed by atoms with E-state index in [4.69, 9.17) is 5.73 Å². The molecule has 3 N–H and O–H groups in total. The molecule has 1 aromatic carbocycles. The SMILES string of the molecule is CC(Nc1cc(-c2cnn(C3CCN(C)CC3)c2)cnc1N)c1cc(F)ccc1F. The van der Waals surface area contributed by atoms with Crippen LogP contribution in [0.1, 0.15) is 37.4 Å². The minimum Gasteiger partial charge on any atom is -0.382 e. The molecule has 0 spiro atoms. The maximum atomic E-state index is 14.1. The maximum absolute atomic E-state index is 14.1. The number of piperidine rings is 1. The molecule has 1 fully saturated rings. The Morgan fingerprint density at radius 2 is 1.90 bits per heavy atom. The van der Waals surface area contributed by atoms with Gasteiger partial charge < -0.3 is 16.0 Å². The zero-order valence-corrected chi connectivity index (χ0v) is 17.1. The van der Waals surface area contributed by atoms with Crippen molar-refractivity contribution >= 4 is 11.5 Å². The Labute approximate surface area is 174 Å². The minimum atomic E-state index is -0.485. The van der Waals surface area contributed by atoms with Crippen molar-refractivity contribution in [2.75, 3.05) is 31.2 Å². The van der Waals surface area contributed by atoms with E-state index >= 15 is 0 Å². The molecule has 3 heterocycles. The van der Waals surface area contributed by atoms with Gasteiger partial charge in [-0.15, -0.1) is 0 Å². The van der Waals surface area contributed by atoms with Crippen LogP contribution in [0.3, 0.4) is 0 Å². The van der Waals surface area contributed by atoms with E-state index in [1.54, 1.807) is 13.1 Å². The van der Waals surface area contributed by atoms with Gasteiger partial charge in [0.15, 0.2) is 0 Å². The van der Waals surface area contributed by atoms with E-state index in [-0.39, 0.29) is 5.56 Å². The Kier molecular flexibility index (Phi) is 5.67. The van der Waals surface area contributed by atoms with Crippen LogP contribution in [0.2, 0.25) is 0 Å². The van der Waals surface area contributed by atoms with Gasteiger partial charge in [0.05, 0.1) is 24.0 Å². The van der Waals surface area contributed by atoms with Crippen molar-refractivity contribution in [3.8, 4) is 11.1 Å². The molecule has 2 aromatic heterocycles. The molecule has 0 aliphatic carbocycles. The van der Waals surface area contributed by atoms with Gasteiger partial charge in [0.2, 0.25) is 0 Å². The number of hydrogen-bond acceptors (Lipinski definition) is 5. The van der Waals surface area contributed by atoms with E-state index in [1.807, 2.05) is 23.1 Å². The Bertz CT molecular complexity index is 1030. The summed E-state index contributed by atoms with van der Waals surface area (Å²) in [5.74, 6) is -0.662. The third-order valence-corrected chi connectivity index (χ3v) is 5.71. The van der Waals surface area contributed by atoms with Crippen LogP contribution in [0.25, 0.3) is 11.1 Å². The lowest BCUT2D eigenvalue weighted by atomic mass is 10.1. The molecular weight excluding hydrogens is 386 g/mol. The van der Waals surface area contributed by atoms with Crippen molar-refractivity contribution in [2.45, 2.75) is 31.8 Å². The number of anilines is 2. The van der Waals surface area contributed by atoms with Gasteiger partial charge in [-0.2, -0.15) is 5.10 Å². The predicted molar refractivity (Wildman–Crippen MR) is 114 cm³/mol. The third kappa shape index (κ3) is 4.28. The molecule has 0 amide bonds. The lowest BCUT2D eigenvalue weighted by molar-refractivity contribution is 0.212. The topological polar surface area (TPSA) is 72.0 Å². The van der Waals surface area contributed by atoms with Gasteiger partial charge in [-0.1, -0.05) is 0 Å². The highest BCUT2D eigenvalue weighted by molar-refractivity contribution is 5.72. The number of likely N-dealkylation sites (tertiary alicyclic amines) is 1. The summed E-state index contributed by atoms with van der Waals surface area (Å²) < 4.78 is 29.7. The van der Waals surface area contributed by atoms with Crippen LogP contribution in [0.4, 0.5) is 20.3 Å². The first-order valence-electron chi connectivity index (χ1n) is 10.1. The highest BCUT2D eigenvalue weighted by Gasteiger charge is 2.20. The molecule has 30 heavy (non-hydrogen) atoms. The van der Waals surface area contributed by atoms with E-state index in [2.05, 4.69) is 27.3 Å². The number of pyridine rings is 1. The second-order valence-electron chi connectivity index (χ2n) is 7.93. The minimum absolute atomic E-state index is 0.231. The first-order chi connectivity index (χ1) is 14.4. The smallest absolute Gasteiger partial charge is 0.146 e. The molecule has 0 saturated carbocycles. The fourth-order valence-corrected chi connectivity index (χ4v) is 3.85. The first kappa shape index (κ1) is 20.3. The largest absolute Gasteiger partial charge is 0.382 e. The Morgan fingerprint density at radius 1 is 1.13 bits per heavy atom. The van der Waals surface area contributed by atoms with Gasteiger partial charge in [-0.05, 0) is 64.2 Å². The second-order valence-corrected chi connectivity index (χ2v) is 7.93. The number of hydrogen-bond donors (Lipinski definition) is 2. The van der Waals surface area contributed by atoms with E-state index < -0.39 is 17.7 Å². The molecule has 8 heteroatoms. The van der Waals surface area contributed by atoms with Crippen molar-refractivity contribution in [2.24, 2.45) is 0 Å². The summed E-state index contributed by atoms with van der Waals surface area (Å²) in [6.45, 7) is 3.87. The monoisotopic (exact) mass is 412 g/mol. The molecule has 6 nitrogen and oxygen atoms in total. The molecule has 1 atom stereocenters. The zero-order chi connectivity index (χ0) is 21.3. The Balaban J connectivity index is 1.54. The normalized spacial score (nSPS) is 16.5. The van der Waals surface area contributed by atoms with E-state index in [1.165, 1.54) is 6.07 Å². The average Bonchev–Trinajstić information content (AvgIpc) is 3.22. The first-order valence-corrected chi connectivity index (χ1v) is 10.1. The molecule has 3 aromatic rings. The molecular formula is C22H26F2N6. The second kappa shape index (κ2) is 8.39. The quantitative estimate of drug-likeness (QED) is 0.656. The van der Waals surface area contributed by atoms with Crippen molar-refractivity contribution < 1.29 is 8.78 Å². The summed E-state index contributed by atoms with van der Waals surface area (Å²) in [4.78, 5) is 6.60. The predicted octanol–water partition coefficient (Wildman–Crippen LogP) is 4.25. The highest BCUT2D eigenvalue weighted by atomic mass is 19.1. The molecule has 1 aliphatic rings. The number of rotatable bonds is 5. The number of nitrogens with zero attached hydrogens (tertiary/aromatic N) is 4. The number of nitrogen functional groups attached to an aromatic ring is 1. The summed E-state index contributed by atoms with van der Waals surface area (Å²) in [6.07, 6.45) is 7.69. The number of aromatic nitrogens is 3. The van der Waals surface area contributed by atoms with Gasteiger partial charge in [-0.25, -0.2) is 13.8 Å². The van der Waals surface area contributed by atoms with E-state index in [9.17, 15) is 8.78 Å². The van der Waals surface area contributed by atoms with Crippen molar-refractivity contribution in [3.63, 3.8) is 0 Å².